The van der Waals surface area contributed by atoms with E-state index in [4.69, 9.17) is 11.6 Å². The minimum atomic E-state index is -0.100. The van der Waals surface area contributed by atoms with Crippen LogP contribution in [0.2, 0.25) is 5.02 Å². The molecule has 0 atom stereocenters. The van der Waals surface area contributed by atoms with Gasteiger partial charge in [-0.1, -0.05) is 29.8 Å². The zero-order valence-electron chi connectivity index (χ0n) is 11.7. The van der Waals surface area contributed by atoms with E-state index in [-0.39, 0.29) is 11.4 Å². The van der Waals surface area contributed by atoms with Gasteiger partial charge >= 0.3 is 0 Å². The first-order valence-electron chi connectivity index (χ1n) is 6.86. The Morgan fingerprint density at radius 2 is 2.10 bits per heavy atom. The maximum atomic E-state index is 12.7. The van der Waals surface area contributed by atoms with Crippen molar-refractivity contribution in [2.24, 2.45) is 0 Å². The highest BCUT2D eigenvalue weighted by atomic mass is 35.5. The number of para-hydroxylation sites is 1. The molecule has 0 spiro atoms. The number of halogens is 1. The molecule has 2 heterocycles. The molecule has 3 nitrogen and oxygen atoms in total. The Balaban J connectivity index is 2.04. The average Bonchev–Trinajstić information content (AvgIpc) is 2.77. The first-order chi connectivity index (χ1) is 9.49. The van der Waals surface area contributed by atoms with Crippen LogP contribution in [0.5, 0.6) is 0 Å². The summed E-state index contributed by atoms with van der Waals surface area (Å²) in [5, 5.41) is 1.46. The lowest BCUT2D eigenvalue weighted by atomic mass is 10.0. The quantitative estimate of drug-likeness (QED) is 0.797. The molecule has 0 saturated carbocycles. The number of carbonyl (C=O) groups excluding carboxylic acids is 1. The van der Waals surface area contributed by atoms with Crippen molar-refractivity contribution in [3.63, 3.8) is 0 Å². The summed E-state index contributed by atoms with van der Waals surface area (Å²) < 4.78 is 0. The van der Waals surface area contributed by atoms with Crippen LogP contribution < -0.4 is 0 Å². The third-order valence-electron chi connectivity index (χ3n) is 4.03. The molecule has 1 aromatic heterocycles. The fourth-order valence-electron chi connectivity index (χ4n) is 2.86. The van der Waals surface area contributed by atoms with Crippen molar-refractivity contribution in [2.75, 3.05) is 6.54 Å². The number of carbonyl (C=O) groups is 1. The highest BCUT2D eigenvalue weighted by Crippen LogP contribution is 2.30. The predicted octanol–water partition coefficient (Wildman–Crippen LogP) is 3.90. The van der Waals surface area contributed by atoms with E-state index in [1.807, 2.05) is 29.2 Å². The molecule has 1 amide bonds. The molecule has 1 saturated heterocycles. The van der Waals surface area contributed by atoms with Gasteiger partial charge in [0.1, 0.15) is 5.69 Å². The Kier molecular flexibility index (Phi) is 3.17. The molecule has 2 aromatic rings. The largest absolute Gasteiger partial charge is 0.332 e. The van der Waals surface area contributed by atoms with Gasteiger partial charge in [-0.2, -0.15) is 0 Å². The Hall–Kier alpha value is -1.61. The normalized spacial score (nSPS) is 17.6. The van der Waals surface area contributed by atoms with Crippen molar-refractivity contribution in [1.29, 1.82) is 0 Å². The molecule has 0 unspecified atom stereocenters. The van der Waals surface area contributed by atoms with E-state index in [1.54, 1.807) is 6.07 Å². The van der Waals surface area contributed by atoms with Gasteiger partial charge in [-0.3, -0.25) is 4.79 Å². The van der Waals surface area contributed by atoms with Crippen LogP contribution in [0.3, 0.4) is 0 Å². The second-order valence-electron chi connectivity index (χ2n) is 5.88. The maximum absolute atomic E-state index is 12.7. The lowest BCUT2D eigenvalue weighted by molar-refractivity contribution is 0.0646. The predicted molar refractivity (Wildman–Crippen MR) is 81.1 cm³/mol. The van der Waals surface area contributed by atoms with Gasteiger partial charge in [0, 0.05) is 17.5 Å². The van der Waals surface area contributed by atoms with Gasteiger partial charge in [-0.25, -0.2) is 4.98 Å². The highest BCUT2D eigenvalue weighted by Gasteiger charge is 2.36. The van der Waals surface area contributed by atoms with E-state index in [1.165, 1.54) is 0 Å². The maximum Gasteiger partial charge on any atom is 0.272 e. The van der Waals surface area contributed by atoms with Gasteiger partial charge in [0.25, 0.3) is 5.91 Å². The van der Waals surface area contributed by atoms with Gasteiger partial charge in [0.05, 0.1) is 10.5 Å². The summed E-state index contributed by atoms with van der Waals surface area (Å²) in [6, 6.07) is 9.30. The summed E-state index contributed by atoms with van der Waals surface area (Å²) >= 11 is 6.27. The third kappa shape index (κ3) is 2.16. The number of hydrogen-bond donors (Lipinski definition) is 0. The number of amides is 1. The molecule has 1 aliphatic heterocycles. The van der Waals surface area contributed by atoms with E-state index in [0.29, 0.717) is 10.7 Å². The molecule has 0 bridgehead atoms. The van der Waals surface area contributed by atoms with Crippen LogP contribution in [0.4, 0.5) is 0 Å². The van der Waals surface area contributed by atoms with Gasteiger partial charge < -0.3 is 4.90 Å². The van der Waals surface area contributed by atoms with Crippen molar-refractivity contribution in [3.05, 3.63) is 41.0 Å². The Labute approximate surface area is 123 Å². The van der Waals surface area contributed by atoms with Gasteiger partial charge in [0.2, 0.25) is 0 Å². The fourth-order valence-corrected chi connectivity index (χ4v) is 3.13. The standard InChI is InChI=1S/C16H17ClN2O/c1-16(2)8-5-9-19(16)15(20)14-10-12(17)11-6-3-4-7-13(11)18-14/h3-4,6-7,10H,5,8-9H2,1-2H3. The van der Waals surface area contributed by atoms with Crippen molar-refractivity contribution in [3.8, 4) is 0 Å². The van der Waals surface area contributed by atoms with E-state index >= 15 is 0 Å². The number of nitrogens with zero attached hydrogens (tertiary/aromatic N) is 2. The van der Waals surface area contributed by atoms with Gasteiger partial charge in [-0.05, 0) is 38.8 Å². The van der Waals surface area contributed by atoms with Crippen molar-refractivity contribution in [1.82, 2.24) is 9.88 Å². The molecule has 3 rings (SSSR count). The van der Waals surface area contributed by atoms with Crippen LogP contribution in [0.1, 0.15) is 37.2 Å². The van der Waals surface area contributed by atoms with Crippen LogP contribution in [0.15, 0.2) is 30.3 Å². The molecule has 1 aromatic carbocycles. The van der Waals surface area contributed by atoms with E-state index < -0.39 is 0 Å². The molecule has 1 fully saturated rings. The fraction of sp³-hybridized carbons (Fsp3) is 0.375. The first kappa shape index (κ1) is 13.4. The van der Waals surface area contributed by atoms with Crippen LogP contribution in [0.25, 0.3) is 10.9 Å². The number of aromatic nitrogens is 1. The minimum absolute atomic E-state index is 0.0276. The molecule has 20 heavy (non-hydrogen) atoms. The van der Waals surface area contributed by atoms with Crippen LogP contribution in [-0.4, -0.2) is 27.9 Å². The summed E-state index contributed by atoms with van der Waals surface area (Å²) in [5.41, 5.74) is 1.10. The van der Waals surface area contributed by atoms with Gasteiger partial charge in [0.15, 0.2) is 0 Å². The lowest BCUT2D eigenvalue weighted by Crippen LogP contribution is -2.42. The first-order valence-corrected chi connectivity index (χ1v) is 7.24. The second kappa shape index (κ2) is 4.74. The van der Waals surface area contributed by atoms with Crippen LogP contribution in [-0.2, 0) is 0 Å². The van der Waals surface area contributed by atoms with Gasteiger partial charge in [-0.15, -0.1) is 0 Å². The number of rotatable bonds is 1. The Bertz CT molecular complexity index is 681. The minimum Gasteiger partial charge on any atom is -0.332 e. The van der Waals surface area contributed by atoms with E-state index in [0.717, 1.165) is 30.3 Å². The van der Waals surface area contributed by atoms with Crippen LogP contribution >= 0.6 is 11.6 Å². The van der Waals surface area contributed by atoms with E-state index in [9.17, 15) is 4.79 Å². The summed E-state index contributed by atoms with van der Waals surface area (Å²) in [6.07, 6.45) is 2.07. The molecule has 0 radical (unpaired) electrons. The van der Waals surface area contributed by atoms with Crippen molar-refractivity contribution < 1.29 is 4.79 Å². The summed E-state index contributed by atoms with van der Waals surface area (Å²) in [6.45, 7) is 4.99. The number of benzene rings is 1. The van der Waals surface area contributed by atoms with E-state index in [2.05, 4.69) is 18.8 Å². The van der Waals surface area contributed by atoms with Crippen molar-refractivity contribution in [2.45, 2.75) is 32.2 Å². The van der Waals surface area contributed by atoms with Crippen LogP contribution in [0, 0.1) is 0 Å². The average molecular weight is 289 g/mol. The molecule has 104 valence electrons. The topological polar surface area (TPSA) is 33.2 Å². The molecule has 4 heteroatoms. The molecular formula is C16H17ClN2O. The molecule has 1 aliphatic rings. The lowest BCUT2D eigenvalue weighted by Gasteiger charge is -2.31. The summed E-state index contributed by atoms with van der Waals surface area (Å²) in [4.78, 5) is 19.0. The molecule has 0 aliphatic carbocycles. The number of pyridine rings is 1. The molecular weight excluding hydrogens is 272 g/mol. The Morgan fingerprint density at radius 1 is 1.35 bits per heavy atom. The zero-order valence-corrected chi connectivity index (χ0v) is 12.4. The number of likely N-dealkylation sites (tertiary alicyclic amines) is 1. The number of fused-ring (bicyclic) bond motifs is 1. The smallest absolute Gasteiger partial charge is 0.272 e. The van der Waals surface area contributed by atoms with Crippen molar-refractivity contribution >= 4 is 28.4 Å². The monoisotopic (exact) mass is 288 g/mol. The SMILES string of the molecule is CC1(C)CCCN1C(=O)c1cc(Cl)c2ccccc2n1. The third-order valence-corrected chi connectivity index (χ3v) is 4.34. The second-order valence-corrected chi connectivity index (χ2v) is 6.29. The zero-order chi connectivity index (χ0) is 14.3. The summed E-state index contributed by atoms with van der Waals surface area (Å²) in [5.74, 6) is -0.0276. The Morgan fingerprint density at radius 3 is 2.80 bits per heavy atom. The highest BCUT2D eigenvalue weighted by molar-refractivity contribution is 6.35. The molecule has 0 N–H and O–H groups in total. The summed E-state index contributed by atoms with van der Waals surface area (Å²) in [7, 11) is 0. The number of hydrogen-bond acceptors (Lipinski definition) is 2.